The third-order valence-electron chi connectivity index (χ3n) is 6.47. The Bertz CT molecular complexity index is 1250. The van der Waals surface area contributed by atoms with E-state index in [1.807, 2.05) is 48.5 Å². The summed E-state index contributed by atoms with van der Waals surface area (Å²) in [4.78, 5) is 5.01. The molecule has 0 bridgehead atoms. The zero-order valence-electron chi connectivity index (χ0n) is 18.5. The number of benzene rings is 2. The van der Waals surface area contributed by atoms with Crippen LogP contribution in [0.1, 0.15) is 37.8 Å². The van der Waals surface area contributed by atoms with E-state index in [2.05, 4.69) is 31.1 Å². The molecule has 6 nitrogen and oxygen atoms in total. The maximum atomic E-state index is 13.6. The normalized spacial score (nSPS) is 20.7. The van der Waals surface area contributed by atoms with Gasteiger partial charge in [0.05, 0.1) is 17.4 Å². The number of aliphatic imine (C=N–C) groups is 1. The molecule has 5 rings (SSSR count). The summed E-state index contributed by atoms with van der Waals surface area (Å²) < 4.78 is 30.6. The van der Waals surface area contributed by atoms with Crippen molar-refractivity contribution < 1.29 is 8.42 Å². The summed E-state index contributed by atoms with van der Waals surface area (Å²) in [6, 6.07) is 20.2. The zero-order chi connectivity index (χ0) is 22.3. The molecule has 166 valence electrons. The predicted octanol–water partition coefficient (Wildman–Crippen LogP) is 4.40. The van der Waals surface area contributed by atoms with E-state index in [9.17, 15) is 8.42 Å². The van der Waals surface area contributed by atoms with Crippen LogP contribution in [0.5, 0.6) is 0 Å². The van der Waals surface area contributed by atoms with Gasteiger partial charge < -0.3 is 0 Å². The first kappa shape index (κ1) is 21.1. The van der Waals surface area contributed by atoms with Gasteiger partial charge in [-0.15, -0.1) is 0 Å². The second-order valence-electron chi connectivity index (χ2n) is 9.37. The summed E-state index contributed by atoms with van der Waals surface area (Å²) in [7, 11) is -3.67. The zero-order valence-corrected chi connectivity index (χ0v) is 19.3. The summed E-state index contributed by atoms with van der Waals surface area (Å²) in [5.74, 6) is 0.755. The Morgan fingerprint density at radius 2 is 1.72 bits per heavy atom. The quantitative estimate of drug-likeness (QED) is 0.581. The highest BCUT2D eigenvalue weighted by molar-refractivity contribution is 7.89. The average molecular weight is 449 g/mol. The van der Waals surface area contributed by atoms with Gasteiger partial charge in [0.25, 0.3) is 0 Å². The van der Waals surface area contributed by atoms with Crippen molar-refractivity contribution in [3.8, 4) is 0 Å². The molecule has 1 fully saturated rings. The molecule has 0 N–H and O–H groups in total. The average Bonchev–Trinajstić information content (AvgIpc) is 3.43. The fourth-order valence-corrected chi connectivity index (χ4v) is 6.35. The molecule has 0 aliphatic carbocycles. The SMILES string of the molecule is CC1(C)CC(c2ccccc2)=Nc2c(S(=O)(=O)N3CCC(Cc4ccccc4)C3)cnn21. The van der Waals surface area contributed by atoms with Gasteiger partial charge in [0.2, 0.25) is 10.0 Å². The van der Waals surface area contributed by atoms with Crippen LogP contribution in [-0.2, 0) is 22.0 Å². The van der Waals surface area contributed by atoms with E-state index < -0.39 is 10.0 Å². The van der Waals surface area contributed by atoms with Crippen LogP contribution in [0.3, 0.4) is 0 Å². The first-order valence-corrected chi connectivity index (χ1v) is 12.5. The lowest BCUT2D eigenvalue weighted by molar-refractivity contribution is 0.328. The Balaban J connectivity index is 1.45. The lowest BCUT2D eigenvalue weighted by atomic mass is 9.92. The fraction of sp³-hybridized carbons (Fsp3) is 0.360. The third kappa shape index (κ3) is 3.80. The number of rotatable bonds is 5. The van der Waals surface area contributed by atoms with Crippen molar-refractivity contribution in [3.05, 3.63) is 78.0 Å². The van der Waals surface area contributed by atoms with E-state index in [4.69, 9.17) is 4.99 Å². The molecule has 1 saturated heterocycles. The summed E-state index contributed by atoms with van der Waals surface area (Å²) >= 11 is 0. The highest BCUT2D eigenvalue weighted by Gasteiger charge is 2.39. The van der Waals surface area contributed by atoms with Gasteiger partial charge in [0.15, 0.2) is 5.82 Å². The van der Waals surface area contributed by atoms with Crippen LogP contribution in [0.15, 0.2) is 76.7 Å². The molecule has 0 radical (unpaired) electrons. The van der Waals surface area contributed by atoms with E-state index in [0.717, 1.165) is 24.1 Å². The van der Waals surface area contributed by atoms with Gasteiger partial charge in [0, 0.05) is 19.5 Å². The van der Waals surface area contributed by atoms with Gasteiger partial charge in [-0.3, -0.25) is 0 Å². The molecule has 1 atom stereocenters. The second kappa shape index (κ2) is 7.98. The maximum absolute atomic E-state index is 13.6. The van der Waals surface area contributed by atoms with Crippen molar-refractivity contribution in [2.24, 2.45) is 10.9 Å². The van der Waals surface area contributed by atoms with Gasteiger partial charge in [-0.05, 0) is 43.7 Å². The molecule has 2 aromatic carbocycles. The van der Waals surface area contributed by atoms with Crippen LogP contribution < -0.4 is 0 Å². The van der Waals surface area contributed by atoms with Crippen molar-refractivity contribution in [1.82, 2.24) is 14.1 Å². The third-order valence-corrected chi connectivity index (χ3v) is 8.32. The predicted molar refractivity (Wildman–Crippen MR) is 126 cm³/mol. The second-order valence-corrected chi connectivity index (χ2v) is 11.3. The molecule has 0 amide bonds. The monoisotopic (exact) mass is 448 g/mol. The molecule has 1 aromatic heterocycles. The highest BCUT2D eigenvalue weighted by atomic mass is 32.2. The number of aromatic nitrogens is 2. The van der Waals surface area contributed by atoms with Crippen molar-refractivity contribution in [2.75, 3.05) is 13.1 Å². The summed E-state index contributed by atoms with van der Waals surface area (Å²) in [6.07, 6.45) is 3.92. The maximum Gasteiger partial charge on any atom is 0.248 e. The molecule has 3 heterocycles. The van der Waals surface area contributed by atoms with Gasteiger partial charge in [-0.2, -0.15) is 9.40 Å². The largest absolute Gasteiger partial charge is 0.248 e. The topological polar surface area (TPSA) is 67.6 Å². The van der Waals surface area contributed by atoms with Crippen molar-refractivity contribution in [3.63, 3.8) is 0 Å². The Labute approximate surface area is 189 Å². The van der Waals surface area contributed by atoms with E-state index in [1.165, 1.54) is 11.8 Å². The molecule has 2 aliphatic heterocycles. The minimum atomic E-state index is -3.67. The van der Waals surface area contributed by atoms with Crippen molar-refractivity contribution in [2.45, 2.75) is 43.5 Å². The number of hydrogen-bond acceptors (Lipinski definition) is 4. The summed E-state index contributed by atoms with van der Waals surface area (Å²) in [5, 5.41) is 4.47. The van der Waals surface area contributed by atoms with Gasteiger partial charge >= 0.3 is 0 Å². The van der Waals surface area contributed by atoms with Crippen LogP contribution in [0.2, 0.25) is 0 Å². The number of sulfonamides is 1. The Kier molecular flexibility index (Phi) is 5.26. The van der Waals surface area contributed by atoms with Crippen LogP contribution in [0.25, 0.3) is 0 Å². The Hall–Kier alpha value is -2.77. The van der Waals surface area contributed by atoms with Crippen LogP contribution in [0.4, 0.5) is 5.82 Å². The van der Waals surface area contributed by atoms with Crippen molar-refractivity contribution >= 4 is 21.6 Å². The molecule has 1 unspecified atom stereocenters. The van der Waals surface area contributed by atoms with E-state index >= 15 is 0 Å². The van der Waals surface area contributed by atoms with Crippen LogP contribution in [0, 0.1) is 5.92 Å². The first-order chi connectivity index (χ1) is 15.3. The summed E-state index contributed by atoms with van der Waals surface area (Å²) in [5.41, 5.74) is 2.79. The number of fused-ring (bicyclic) bond motifs is 1. The first-order valence-electron chi connectivity index (χ1n) is 11.1. The molecule has 2 aliphatic rings. The van der Waals surface area contributed by atoms with Crippen LogP contribution >= 0.6 is 0 Å². The van der Waals surface area contributed by atoms with E-state index in [0.29, 0.717) is 31.2 Å². The standard InChI is InChI=1S/C25H28N4O2S/c1-25(2)16-22(21-11-7-4-8-12-21)27-24-23(17-26-29(24)25)32(30,31)28-14-13-20(18-28)15-19-9-5-3-6-10-19/h3-12,17,20H,13-16,18H2,1-2H3. The molecule has 7 heteroatoms. The number of hydrogen-bond donors (Lipinski definition) is 0. The molecule has 3 aromatic rings. The van der Waals surface area contributed by atoms with E-state index in [1.54, 1.807) is 8.99 Å². The smallest absolute Gasteiger partial charge is 0.241 e. The molecular formula is C25H28N4O2S. The van der Waals surface area contributed by atoms with Crippen molar-refractivity contribution in [1.29, 1.82) is 0 Å². The van der Waals surface area contributed by atoms with Gasteiger partial charge in [0.1, 0.15) is 4.90 Å². The highest BCUT2D eigenvalue weighted by Crippen LogP contribution is 2.39. The van der Waals surface area contributed by atoms with Gasteiger partial charge in [-0.25, -0.2) is 18.1 Å². The molecule has 32 heavy (non-hydrogen) atoms. The Morgan fingerprint density at radius 3 is 2.44 bits per heavy atom. The lowest BCUT2D eigenvalue weighted by Crippen LogP contribution is -2.34. The molecule has 0 spiro atoms. The lowest BCUT2D eigenvalue weighted by Gasteiger charge is -2.31. The summed E-state index contributed by atoms with van der Waals surface area (Å²) in [6.45, 7) is 5.20. The number of nitrogens with zero attached hydrogens (tertiary/aromatic N) is 4. The van der Waals surface area contributed by atoms with Crippen LogP contribution in [-0.4, -0.2) is 41.3 Å². The Morgan fingerprint density at radius 1 is 1.03 bits per heavy atom. The molecular weight excluding hydrogens is 420 g/mol. The minimum absolute atomic E-state index is 0.207. The minimum Gasteiger partial charge on any atom is -0.241 e. The molecule has 0 saturated carbocycles. The van der Waals surface area contributed by atoms with E-state index in [-0.39, 0.29) is 10.4 Å². The fourth-order valence-electron chi connectivity index (χ4n) is 4.77. The van der Waals surface area contributed by atoms with Gasteiger partial charge in [-0.1, -0.05) is 60.7 Å².